The number of pyridine rings is 1. The van der Waals surface area contributed by atoms with E-state index in [0.717, 1.165) is 22.4 Å². The smallest absolute Gasteiger partial charge is 0.248 e. The second-order valence-electron chi connectivity index (χ2n) is 5.81. The lowest BCUT2D eigenvalue weighted by molar-refractivity contribution is 0.650. The highest BCUT2D eigenvalue weighted by atomic mass is 16.1. The van der Waals surface area contributed by atoms with Crippen molar-refractivity contribution in [3.63, 3.8) is 0 Å². The summed E-state index contributed by atoms with van der Waals surface area (Å²) in [6, 6.07) is 21.6. The number of nitrogens with zero attached hydrogens (tertiary/aromatic N) is 3. The maximum absolute atomic E-state index is 11.4. The van der Waals surface area contributed by atoms with E-state index >= 15 is 0 Å². The van der Waals surface area contributed by atoms with Crippen LogP contribution < -0.4 is 5.56 Å². The highest BCUT2D eigenvalue weighted by Crippen LogP contribution is 2.22. The zero-order valence-electron chi connectivity index (χ0n) is 13.5. The van der Waals surface area contributed by atoms with Crippen LogP contribution in [0.15, 0.2) is 83.9 Å². The number of hydrogen-bond donors (Lipinski definition) is 1. The summed E-state index contributed by atoms with van der Waals surface area (Å²) in [6.07, 6.45) is 3.59. The Bertz CT molecular complexity index is 1030. The Labute approximate surface area is 144 Å². The van der Waals surface area contributed by atoms with Crippen molar-refractivity contribution in [2.45, 2.75) is 6.54 Å². The van der Waals surface area contributed by atoms with E-state index in [9.17, 15) is 4.79 Å². The zero-order valence-corrected chi connectivity index (χ0v) is 13.5. The van der Waals surface area contributed by atoms with Gasteiger partial charge in [0.1, 0.15) is 5.69 Å². The predicted molar refractivity (Wildman–Crippen MR) is 97.1 cm³/mol. The minimum atomic E-state index is -0.106. The third-order valence-corrected chi connectivity index (χ3v) is 4.02. The Morgan fingerprint density at radius 1 is 0.880 bits per heavy atom. The summed E-state index contributed by atoms with van der Waals surface area (Å²) < 4.78 is 1.83. The van der Waals surface area contributed by atoms with Gasteiger partial charge in [0.25, 0.3) is 0 Å². The Hall–Kier alpha value is -3.47. The monoisotopic (exact) mass is 328 g/mol. The Kier molecular flexibility index (Phi) is 3.96. The van der Waals surface area contributed by atoms with Crippen LogP contribution in [0.1, 0.15) is 5.56 Å². The molecule has 0 aliphatic carbocycles. The molecule has 1 N–H and O–H groups in total. The van der Waals surface area contributed by atoms with Crippen LogP contribution in [0.3, 0.4) is 0 Å². The number of aromatic amines is 1. The van der Waals surface area contributed by atoms with Crippen molar-refractivity contribution in [3.8, 4) is 22.4 Å². The normalized spacial score (nSPS) is 10.7. The van der Waals surface area contributed by atoms with Gasteiger partial charge in [-0.25, -0.2) is 4.68 Å². The van der Waals surface area contributed by atoms with Crippen LogP contribution in [-0.4, -0.2) is 20.0 Å². The average molecular weight is 328 g/mol. The molecule has 0 spiro atoms. The van der Waals surface area contributed by atoms with Gasteiger partial charge >= 0.3 is 0 Å². The molecule has 0 radical (unpaired) electrons. The molecule has 0 fully saturated rings. The van der Waals surface area contributed by atoms with Crippen LogP contribution in [0.25, 0.3) is 22.4 Å². The van der Waals surface area contributed by atoms with Gasteiger partial charge in [0, 0.05) is 17.8 Å². The molecule has 5 heteroatoms. The van der Waals surface area contributed by atoms with Gasteiger partial charge in [0.15, 0.2) is 0 Å². The molecule has 122 valence electrons. The molecule has 0 bridgehead atoms. The molecule has 4 rings (SSSR count). The number of aromatic nitrogens is 4. The van der Waals surface area contributed by atoms with Crippen molar-refractivity contribution in [1.29, 1.82) is 0 Å². The van der Waals surface area contributed by atoms with Crippen molar-refractivity contribution >= 4 is 0 Å². The summed E-state index contributed by atoms with van der Waals surface area (Å²) in [7, 11) is 0. The lowest BCUT2D eigenvalue weighted by Crippen LogP contribution is -2.01. The molecule has 25 heavy (non-hydrogen) atoms. The minimum Gasteiger partial charge on any atom is -0.329 e. The number of H-pyrrole nitrogens is 1. The van der Waals surface area contributed by atoms with E-state index in [0.29, 0.717) is 6.54 Å². The quantitative estimate of drug-likeness (QED) is 0.625. The first-order valence-electron chi connectivity index (χ1n) is 8.01. The van der Waals surface area contributed by atoms with Gasteiger partial charge in [0.05, 0.1) is 12.7 Å². The van der Waals surface area contributed by atoms with Crippen LogP contribution in [0, 0.1) is 0 Å². The first-order chi connectivity index (χ1) is 12.3. The maximum atomic E-state index is 11.4. The largest absolute Gasteiger partial charge is 0.329 e. The molecule has 5 nitrogen and oxygen atoms in total. The molecule has 2 heterocycles. The first-order valence-corrected chi connectivity index (χ1v) is 8.01. The summed E-state index contributed by atoms with van der Waals surface area (Å²) in [6.45, 7) is 0.693. The second kappa shape index (κ2) is 6.57. The topological polar surface area (TPSA) is 63.6 Å². The molecule has 0 saturated carbocycles. The summed E-state index contributed by atoms with van der Waals surface area (Å²) in [4.78, 5) is 14.1. The first kappa shape index (κ1) is 15.1. The van der Waals surface area contributed by atoms with Crippen LogP contribution >= 0.6 is 0 Å². The molecular formula is C20H16N4O. The molecule has 2 aromatic carbocycles. The van der Waals surface area contributed by atoms with Crippen molar-refractivity contribution in [3.05, 3.63) is 95.0 Å². The number of rotatable bonds is 4. The molecule has 0 unspecified atom stereocenters. The van der Waals surface area contributed by atoms with E-state index in [-0.39, 0.29) is 5.56 Å². The van der Waals surface area contributed by atoms with Gasteiger partial charge in [-0.3, -0.25) is 4.79 Å². The third kappa shape index (κ3) is 3.40. The number of nitrogens with one attached hydrogen (secondary N) is 1. The van der Waals surface area contributed by atoms with Gasteiger partial charge in [-0.05, 0) is 22.8 Å². The highest BCUT2D eigenvalue weighted by Gasteiger charge is 2.05. The standard InChI is InChI=1S/C20H16N4O/c25-20-12-18(10-11-21-20)16-6-8-17(9-7-16)19-14-24(23-22-19)13-15-4-2-1-3-5-15/h1-12,14H,13H2,(H,21,25). The van der Waals surface area contributed by atoms with Gasteiger partial charge in [-0.2, -0.15) is 0 Å². The fraction of sp³-hybridized carbons (Fsp3) is 0.0500. The minimum absolute atomic E-state index is 0.106. The third-order valence-electron chi connectivity index (χ3n) is 4.02. The SMILES string of the molecule is O=c1cc(-c2ccc(-c3cn(Cc4ccccc4)nn3)cc2)cc[nH]1. The summed E-state index contributed by atoms with van der Waals surface area (Å²) in [5.41, 5.74) is 4.78. The van der Waals surface area contributed by atoms with Crippen LogP contribution in [-0.2, 0) is 6.54 Å². The van der Waals surface area contributed by atoms with E-state index < -0.39 is 0 Å². The molecule has 0 atom stereocenters. The van der Waals surface area contributed by atoms with Crippen molar-refractivity contribution in [2.75, 3.05) is 0 Å². The molecule has 4 aromatic rings. The predicted octanol–water partition coefficient (Wildman–Crippen LogP) is 3.35. The van der Waals surface area contributed by atoms with Gasteiger partial charge in [-0.1, -0.05) is 59.8 Å². The van der Waals surface area contributed by atoms with Crippen molar-refractivity contribution in [2.24, 2.45) is 0 Å². The van der Waals surface area contributed by atoms with Gasteiger partial charge < -0.3 is 4.98 Å². The van der Waals surface area contributed by atoms with E-state index in [1.165, 1.54) is 5.56 Å². The van der Waals surface area contributed by atoms with Gasteiger partial charge in [0.2, 0.25) is 5.56 Å². The van der Waals surface area contributed by atoms with Crippen molar-refractivity contribution < 1.29 is 0 Å². The molecule has 0 aliphatic heterocycles. The Morgan fingerprint density at radius 3 is 2.40 bits per heavy atom. The molecule has 2 aromatic heterocycles. The summed E-state index contributed by atoms with van der Waals surface area (Å²) >= 11 is 0. The summed E-state index contributed by atoms with van der Waals surface area (Å²) in [5.74, 6) is 0. The van der Waals surface area contributed by atoms with Crippen LogP contribution in [0.2, 0.25) is 0 Å². The van der Waals surface area contributed by atoms with Crippen LogP contribution in [0.4, 0.5) is 0 Å². The average Bonchev–Trinajstić information content (AvgIpc) is 3.11. The Balaban J connectivity index is 1.55. The molecule has 0 amide bonds. The fourth-order valence-electron chi connectivity index (χ4n) is 2.74. The second-order valence-corrected chi connectivity index (χ2v) is 5.81. The highest BCUT2D eigenvalue weighted by molar-refractivity contribution is 5.68. The maximum Gasteiger partial charge on any atom is 0.248 e. The Morgan fingerprint density at radius 2 is 1.64 bits per heavy atom. The van der Waals surface area contributed by atoms with E-state index in [1.54, 1.807) is 12.3 Å². The van der Waals surface area contributed by atoms with E-state index in [4.69, 9.17) is 0 Å². The fourth-order valence-corrected chi connectivity index (χ4v) is 2.74. The van der Waals surface area contributed by atoms with E-state index in [2.05, 4.69) is 27.4 Å². The van der Waals surface area contributed by atoms with E-state index in [1.807, 2.05) is 59.4 Å². The van der Waals surface area contributed by atoms with Crippen molar-refractivity contribution in [1.82, 2.24) is 20.0 Å². The molecule has 0 saturated heterocycles. The van der Waals surface area contributed by atoms with Crippen LogP contribution in [0.5, 0.6) is 0 Å². The molecule has 0 aliphatic rings. The summed E-state index contributed by atoms with van der Waals surface area (Å²) in [5, 5.41) is 8.46. The zero-order chi connectivity index (χ0) is 17.1. The lowest BCUT2D eigenvalue weighted by Gasteiger charge is -2.02. The molecular weight excluding hydrogens is 312 g/mol. The van der Waals surface area contributed by atoms with Gasteiger partial charge in [-0.15, -0.1) is 5.10 Å². The number of benzene rings is 2. The number of hydrogen-bond acceptors (Lipinski definition) is 3. The lowest BCUT2D eigenvalue weighted by atomic mass is 10.0.